The molecule has 2 aromatic rings. The van der Waals surface area contributed by atoms with Crippen molar-refractivity contribution in [1.82, 2.24) is 0 Å². The molecule has 1 aliphatic rings. The van der Waals surface area contributed by atoms with Crippen molar-refractivity contribution in [2.75, 3.05) is 12.9 Å². The second kappa shape index (κ2) is 9.67. The fourth-order valence-corrected chi connectivity index (χ4v) is 5.29. The van der Waals surface area contributed by atoms with Gasteiger partial charge in [-0.05, 0) is 86.1 Å². The van der Waals surface area contributed by atoms with Crippen molar-refractivity contribution in [1.29, 1.82) is 0 Å². The van der Waals surface area contributed by atoms with Gasteiger partial charge in [0.25, 0.3) is 0 Å². The molecule has 1 fully saturated rings. The third kappa shape index (κ3) is 5.86. The van der Waals surface area contributed by atoms with E-state index in [2.05, 4.69) is 6.58 Å². The molecule has 0 saturated heterocycles. The van der Waals surface area contributed by atoms with E-state index in [-0.39, 0.29) is 16.6 Å². The summed E-state index contributed by atoms with van der Waals surface area (Å²) >= 11 is 0. The van der Waals surface area contributed by atoms with Crippen molar-refractivity contribution in [3.8, 4) is 11.5 Å². The standard InChI is InChI=1S/C24H30O5S/c1-17-4-6-20(7-5-17)24(25)16-30(26,27)23-10-8-21(9-11-23)29-15-19-12-18(2)13-22(14-19)28-3/h8-14,20,24-25H,1,4-7,15-16H2,2-3H3. The fraction of sp³-hybridized carbons (Fsp3) is 0.417. The van der Waals surface area contributed by atoms with Gasteiger partial charge in [0.15, 0.2) is 9.84 Å². The first kappa shape index (κ1) is 22.4. The first-order valence-electron chi connectivity index (χ1n) is 10.2. The summed E-state index contributed by atoms with van der Waals surface area (Å²) in [5, 5.41) is 10.4. The van der Waals surface area contributed by atoms with Crippen LogP contribution in [0.5, 0.6) is 11.5 Å². The van der Waals surface area contributed by atoms with Gasteiger partial charge in [-0.2, -0.15) is 0 Å². The number of aryl methyl sites for hydroxylation is 1. The molecule has 0 aliphatic heterocycles. The topological polar surface area (TPSA) is 72.8 Å². The van der Waals surface area contributed by atoms with E-state index in [0.29, 0.717) is 12.4 Å². The highest BCUT2D eigenvalue weighted by Gasteiger charge is 2.28. The molecule has 1 saturated carbocycles. The first-order valence-corrected chi connectivity index (χ1v) is 11.9. The number of benzene rings is 2. The van der Waals surface area contributed by atoms with Crippen molar-refractivity contribution >= 4 is 9.84 Å². The lowest BCUT2D eigenvalue weighted by Gasteiger charge is -2.27. The zero-order valence-corrected chi connectivity index (χ0v) is 18.5. The van der Waals surface area contributed by atoms with Crippen LogP contribution in [0, 0.1) is 12.8 Å². The van der Waals surface area contributed by atoms with Crippen LogP contribution in [0.15, 0.2) is 59.5 Å². The maximum Gasteiger partial charge on any atom is 0.180 e. The molecule has 162 valence electrons. The molecule has 2 aromatic carbocycles. The maximum atomic E-state index is 12.7. The number of rotatable bonds is 8. The second-order valence-electron chi connectivity index (χ2n) is 8.05. The van der Waals surface area contributed by atoms with Crippen molar-refractivity contribution in [2.45, 2.75) is 50.2 Å². The van der Waals surface area contributed by atoms with E-state index in [1.807, 2.05) is 25.1 Å². The first-order chi connectivity index (χ1) is 14.3. The van der Waals surface area contributed by atoms with Gasteiger partial charge in [0, 0.05) is 0 Å². The quantitative estimate of drug-likeness (QED) is 0.626. The molecule has 0 heterocycles. The van der Waals surface area contributed by atoms with Crippen LogP contribution in [-0.2, 0) is 16.4 Å². The number of hydrogen-bond acceptors (Lipinski definition) is 5. The van der Waals surface area contributed by atoms with Gasteiger partial charge < -0.3 is 14.6 Å². The number of aliphatic hydroxyl groups is 1. The van der Waals surface area contributed by atoms with Crippen molar-refractivity contribution in [3.05, 3.63) is 65.7 Å². The molecule has 30 heavy (non-hydrogen) atoms. The normalized spacial score (nSPS) is 16.3. The van der Waals surface area contributed by atoms with E-state index in [0.717, 1.165) is 42.6 Å². The SMILES string of the molecule is C=C1CCC(C(O)CS(=O)(=O)c2ccc(OCc3cc(C)cc(OC)c3)cc2)CC1. The summed E-state index contributed by atoms with van der Waals surface area (Å²) in [6.07, 6.45) is 2.47. The van der Waals surface area contributed by atoms with E-state index < -0.39 is 15.9 Å². The zero-order chi connectivity index (χ0) is 21.7. The van der Waals surface area contributed by atoms with Gasteiger partial charge in [0.2, 0.25) is 0 Å². The van der Waals surface area contributed by atoms with Gasteiger partial charge in [-0.3, -0.25) is 0 Å². The number of aliphatic hydroxyl groups excluding tert-OH is 1. The van der Waals surface area contributed by atoms with Crippen LogP contribution in [-0.4, -0.2) is 32.5 Å². The van der Waals surface area contributed by atoms with E-state index in [1.165, 1.54) is 17.7 Å². The Morgan fingerprint density at radius 2 is 1.77 bits per heavy atom. The molecule has 0 spiro atoms. The average Bonchev–Trinajstić information content (AvgIpc) is 2.72. The van der Waals surface area contributed by atoms with Gasteiger partial charge in [-0.25, -0.2) is 8.42 Å². The van der Waals surface area contributed by atoms with Crippen LogP contribution in [0.3, 0.4) is 0 Å². The predicted octanol–water partition coefficient (Wildman–Crippen LogP) is 4.46. The number of allylic oxidation sites excluding steroid dienone is 1. The summed E-state index contributed by atoms with van der Waals surface area (Å²) in [6.45, 7) is 6.31. The smallest absolute Gasteiger partial charge is 0.180 e. The van der Waals surface area contributed by atoms with Gasteiger partial charge in [0.1, 0.15) is 18.1 Å². The highest BCUT2D eigenvalue weighted by atomic mass is 32.2. The molecule has 3 rings (SSSR count). The molecule has 5 nitrogen and oxygen atoms in total. The molecular weight excluding hydrogens is 400 g/mol. The maximum absolute atomic E-state index is 12.7. The highest BCUT2D eigenvalue weighted by Crippen LogP contribution is 2.30. The van der Waals surface area contributed by atoms with Crippen LogP contribution in [0.2, 0.25) is 0 Å². The Labute approximate surface area is 179 Å². The molecule has 1 unspecified atom stereocenters. The molecule has 0 aromatic heterocycles. The highest BCUT2D eigenvalue weighted by molar-refractivity contribution is 7.91. The zero-order valence-electron chi connectivity index (χ0n) is 17.6. The average molecular weight is 431 g/mol. The van der Waals surface area contributed by atoms with Crippen molar-refractivity contribution < 1.29 is 23.0 Å². The largest absolute Gasteiger partial charge is 0.497 e. The van der Waals surface area contributed by atoms with E-state index in [1.54, 1.807) is 19.2 Å². The van der Waals surface area contributed by atoms with Crippen LogP contribution >= 0.6 is 0 Å². The minimum atomic E-state index is -3.57. The number of methoxy groups -OCH3 is 1. The minimum Gasteiger partial charge on any atom is -0.497 e. The lowest BCUT2D eigenvalue weighted by atomic mass is 9.84. The number of sulfone groups is 1. The Morgan fingerprint density at radius 1 is 1.10 bits per heavy atom. The number of hydrogen-bond donors (Lipinski definition) is 1. The monoisotopic (exact) mass is 430 g/mol. The van der Waals surface area contributed by atoms with Crippen molar-refractivity contribution in [2.24, 2.45) is 5.92 Å². The Kier molecular flexibility index (Phi) is 7.21. The third-order valence-corrected chi connectivity index (χ3v) is 7.38. The third-order valence-electron chi connectivity index (χ3n) is 5.61. The summed E-state index contributed by atoms with van der Waals surface area (Å²) in [5.74, 6) is 1.11. The minimum absolute atomic E-state index is 0.0132. The van der Waals surface area contributed by atoms with Crippen LogP contribution in [0.4, 0.5) is 0 Å². The van der Waals surface area contributed by atoms with E-state index >= 15 is 0 Å². The van der Waals surface area contributed by atoms with E-state index in [4.69, 9.17) is 9.47 Å². The lowest BCUT2D eigenvalue weighted by Crippen LogP contribution is -2.30. The fourth-order valence-electron chi connectivity index (χ4n) is 3.83. The number of ether oxygens (including phenoxy) is 2. The van der Waals surface area contributed by atoms with Gasteiger partial charge in [-0.1, -0.05) is 18.2 Å². The summed E-state index contributed by atoms with van der Waals surface area (Å²) in [7, 11) is -1.94. The summed E-state index contributed by atoms with van der Waals surface area (Å²) in [5.41, 5.74) is 3.23. The van der Waals surface area contributed by atoms with Crippen LogP contribution in [0.25, 0.3) is 0 Å². The molecule has 0 bridgehead atoms. The molecular formula is C24H30O5S. The molecule has 1 aliphatic carbocycles. The lowest BCUT2D eigenvalue weighted by molar-refractivity contribution is 0.111. The summed E-state index contributed by atoms with van der Waals surface area (Å²) in [4.78, 5) is 0.200. The summed E-state index contributed by atoms with van der Waals surface area (Å²) in [6, 6.07) is 12.2. The Bertz CT molecular complexity index is 969. The van der Waals surface area contributed by atoms with Crippen LogP contribution < -0.4 is 9.47 Å². The molecule has 6 heteroatoms. The van der Waals surface area contributed by atoms with Gasteiger partial charge in [0.05, 0.1) is 23.9 Å². The summed E-state index contributed by atoms with van der Waals surface area (Å²) < 4.78 is 36.5. The van der Waals surface area contributed by atoms with Gasteiger partial charge in [-0.15, -0.1) is 0 Å². The molecule has 1 atom stereocenters. The Balaban J connectivity index is 1.60. The molecule has 0 amide bonds. The Hall–Kier alpha value is -2.31. The van der Waals surface area contributed by atoms with Crippen LogP contribution in [0.1, 0.15) is 36.8 Å². The molecule has 1 N–H and O–H groups in total. The Morgan fingerprint density at radius 3 is 2.40 bits per heavy atom. The molecule has 0 radical (unpaired) electrons. The van der Waals surface area contributed by atoms with E-state index in [9.17, 15) is 13.5 Å². The predicted molar refractivity (Wildman–Crippen MR) is 118 cm³/mol. The second-order valence-corrected chi connectivity index (χ2v) is 10.1. The van der Waals surface area contributed by atoms with Crippen molar-refractivity contribution in [3.63, 3.8) is 0 Å². The van der Waals surface area contributed by atoms with Gasteiger partial charge >= 0.3 is 0 Å².